The number of nitrogens with zero attached hydrogens (tertiary/aromatic N) is 5. The number of hydrazine groups is 4. The van der Waals surface area contributed by atoms with Gasteiger partial charge >= 0.3 is 0 Å². The molecule has 0 bridgehead atoms. The molecule has 2 aromatic carbocycles. The van der Waals surface area contributed by atoms with Gasteiger partial charge in [0.1, 0.15) is 0 Å². The van der Waals surface area contributed by atoms with E-state index in [4.69, 9.17) is 31.9 Å². The first-order chi connectivity index (χ1) is 24.7. The number of rotatable bonds is 20. The summed E-state index contributed by atoms with van der Waals surface area (Å²) >= 11 is 1.58. The van der Waals surface area contributed by atoms with Gasteiger partial charge in [-0.2, -0.15) is 47.7 Å². The molecule has 0 fully saturated rings. The minimum absolute atomic E-state index is 0. The smallest absolute Gasteiger partial charge is 0.206 e. The third-order valence-electron chi connectivity index (χ3n) is 6.63. The first-order valence-electron chi connectivity index (χ1n) is 17.2. The van der Waals surface area contributed by atoms with Crippen molar-refractivity contribution in [1.29, 1.82) is 0 Å². The van der Waals surface area contributed by atoms with Gasteiger partial charge in [0.25, 0.3) is 0 Å². The fraction of sp³-hybridized carbons (Fsp3) is 0.472. The monoisotopic (exact) mass is 1060 g/mol. The fourth-order valence-electron chi connectivity index (χ4n) is 3.57. The van der Waals surface area contributed by atoms with Gasteiger partial charge in [-0.25, -0.2) is 7.11 Å². The molecule has 0 aliphatic rings. The van der Waals surface area contributed by atoms with E-state index >= 15 is 0 Å². The average Bonchev–Trinajstić information content (AvgIpc) is 3.70. The van der Waals surface area contributed by atoms with Gasteiger partial charge < -0.3 is 28.0 Å². The Labute approximate surface area is 445 Å². The Morgan fingerprint density at radius 2 is 1.31 bits per heavy atom. The zero-order valence-corrected chi connectivity index (χ0v) is 45.6. The molecule has 284 valence electrons. The number of ether oxygens (including phenoxy) is 1. The summed E-state index contributed by atoms with van der Waals surface area (Å²) in [6.45, 7) is 18.4. The minimum Gasteiger partial charge on any atom is -0.546 e. The molecule has 0 aliphatic carbocycles. The zero-order valence-electron chi connectivity index (χ0n) is 33.5. The maximum atomic E-state index is 5.60. The molecule has 0 unspecified atom stereocenters. The van der Waals surface area contributed by atoms with Crippen LogP contribution in [0.15, 0.2) is 54.7 Å². The van der Waals surface area contributed by atoms with Crippen molar-refractivity contribution in [3.05, 3.63) is 102 Å². The quantitative estimate of drug-likeness (QED) is 0.0447. The number of benzene rings is 2. The van der Waals surface area contributed by atoms with E-state index in [0.29, 0.717) is 13.2 Å². The summed E-state index contributed by atoms with van der Waals surface area (Å²) < 4.78 is 4.48. The topological polar surface area (TPSA) is 83.2 Å². The van der Waals surface area contributed by atoms with Crippen molar-refractivity contribution >= 4 is 43.3 Å². The van der Waals surface area contributed by atoms with Gasteiger partial charge in [-0.15, -0.1) is 0 Å². The Morgan fingerprint density at radius 1 is 0.745 bits per heavy atom. The van der Waals surface area contributed by atoms with Crippen LogP contribution in [-0.2, 0) is 161 Å². The molecule has 0 aliphatic heterocycles. The fourth-order valence-corrected chi connectivity index (χ4v) is 4.16. The van der Waals surface area contributed by atoms with Gasteiger partial charge in [0.05, 0.1) is 13.2 Å². The second-order valence-electron chi connectivity index (χ2n) is 10.5. The normalized spacial score (nSPS) is 9.71. The van der Waals surface area contributed by atoms with Gasteiger partial charge in [0.2, 0.25) is 31.9 Å². The van der Waals surface area contributed by atoms with Crippen molar-refractivity contribution in [2.75, 3.05) is 52.4 Å². The van der Waals surface area contributed by atoms with Crippen LogP contribution >= 0.6 is 11.3 Å². The number of aromatic nitrogens is 1. The first kappa shape index (κ1) is 66.1. The van der Waals surface area contributed by atoms with Crippen LogP contribution in [0.25, 0.3) is 0 Å². The summed E-state index contributed by atoms with van der Waals surface area (Å²) in [5, 5.41) is 4.11. The third kappa shape index (κ3) is 42.4. The summed E-state index contributed by atoms with van der Waals surface area (Å²) in [6, 6.07) is 19.3. The molecule has 0 saturated carbocycles. The molecule has 0 amide bonds. The van der Waals surface area contributed by atoms with Crippen LogP contribution in [0.4, 0.5) is 0 Å². The molecule has 0 atom stereocenters. The molecule has 3 rings (SSSR count). The van der Waals surface area contributed by atoms with Gasteiger partial charge in [0, 0.05) is 150 Å². The van der Waals surface area contributed by atoms with E-state index in [1.807, 2.05) is 45.9 Å². The Hall–Kier alpha value is 1.95. The van der Waals surface area contributed by atoms with Crippen LogP contribution in [0, 0.1) is 37.3 Å². The molecule has 12 radical (unpaired) electrons. The van der Waals surface area contributed by atoms with Crippen LogP contribution in [0.3, 0.4) is 0 Å². The van der Waals surface area contributed by atoms with E-state index in [2.05, 4.69) is 99.1 Å². The Bertz CT molecular complexity index is 1260. The average molecular weight is 1060 g/mol. The molecule has 3 aromatic rings. The van der Waals surface area contributed by atoms with E-state index in [1.165, 1.54) is 21.6 Å². The van der Waals surface area contributed by atoms with Crippen molar-refractivity contribution in [2.24, 2.45) is 0 Å². The number of aryl methyl sites for hydroxylation is 1. The maximum Gasteiger partial charge on any atom is 0.206 e. The molecule has 0 saturated heterocycles. The molecule has 0 spiro atoms. The Morgan fingerprint density at radius 3 is 1.85 bits per heavy atom. The summed E-state index contributed by atoms with van der Waals surface area (Å²) in [4.78, 5) is 10.4. The second kappa shape index (κ2) is 48.6. The van der Waals surface area contributed by atoms with Crippen LogP contribution < -0.4 is 21.7 Å². The molecule has 55 heavy (non-hydrogen) atoms. The van der Waals surface area contributed by atoms with Crippen LogP contribution in [-0.4, -0.2) is 109 Å². The predicted molar refractivity (Wildman–Crippen MR) is 216 cm³/mol. The van der Waals surface area contributed by atoms with Gasteiger partial charge in [-0.1, -0.05) is 87.0 Å². The summed E-state index contributed by atoms with van der Waals surface area (Å²) in [6.07, 6.45) is 5.58. The minimum atomic E-state index is 0. The third-order valence-corrected chi connectivity index (χ3v) is 7.40. The van der Waals surface area contributed by atoms with Gasteiger partial charge in [0.15, 0.2) is 0 Å². The first-order valence-corrected chi connectivity index (χ1v) is 18.0. The Balaban J connectivity index is -0.000000198. The number of nitrogens with one attached hydrogen (secondary N) is 4. The molecule has 19 heteroatoms. The summed E-state index contributed by atoms with van der Waals surface area (Å²) in [5.41, 5.74) is 15.9. The maximum absolute atomic E-state index is 5.60. The van der Waals surface area contributed by atoms with Crippen molar-refractivity contribution < 1.29 is 136 Å². The molecule has 1 heterocycles. The van der Waals surface area contributed by atoms with Crippen molar-refractivity contribution in [2.45, 2.75) is 59.9 Å². The van der Waals surface area contributed by atoms with Crippen molar-refractivity contribution in [3.8, 4) is 11.8 Å². The van der Waals surface area contributed by atoms with Crippen LogP contribution in [0.1, 0.15) is 55.8 Å². The standard InChI is InChI=1S/C11H16BN2.C10H14BN2.C8H13BN3S.C7H12BN2O.4Y/c1-3-10-6-5-7-11(8-10)9-13-14(12)4-2;1-2-13(11)12-9-8-10-6-4-3-5-7-10;1-2-12(9)11-5-3-4-8-10-6-7-13-8;1-3-10(8)9-6-4-5-7-11-2;;;;/h5-8,13H,1,3-4,9H2,2H3;4-7,12H,2,8-9H2,1H3;6,11H,2-5H2,1H3;9H,2-3,6-7H2,1H3;;;;/q4*-1;;;;. The molecule has 4 N–H and O–H groups in total. The molecule has 1 aromatic heterocycles. The largest absolute Gasteiger partial charge is 0.546 e. The van der Waals surface area contributed by atoms with Crippen molar-refractivity contribution in [1.82, 2.24) is 46.4 Å². The van der Waals surface area contributed by atoms with E-state index < -0.39 is 0 Å². The van der Waals surface area contributed by atoms with Crippen LogP contribution in [0.5, 0.6) is 0 Å². The SMILES string of the molecule is [B]N(CC)NCC#CCO[CH2-].[B]N(CC)NCCCc1nc[c-]s1.[B]N(CC)NCCc1cc[c-]cc1.[B]N(CC)NCc1cccc(C[CH2-])c1.[Y].[Y].[Y].[Y]. The number of hydrogen-bond donors (Lipinski definition) is 4. The van der Waals surface area contributed by atoms with Crippen LogP contribution in [0.2, 0.25) is 0 Å². The number of thiazole rings is 1. The van der Waals surface area contributed by atoms with E-state index in [1.54, 1.807) is 32.3 Å². The predicted octanol–water partition coefficient (Wildman–Crippen LogP) is 2.90. The molecular weight excluding hydrogens is 1010 g/mol. The van der Waals surface area contributed by atoms with E-state index in [9.17, 15) is 0 Å². The second-order valence-corrected chi connectivity index (χ2v) is 11.4. The molecular formula is C36H55B4N9OSY4-4. The zero-order chi connectivity index (χ0) is 38.0. The Kier molecular flexibility index (Phi) is 58.4. The van der Waals surface area contributed by atoms with Gasteiger partial charge in [-0.3, -0.25) is 41.4 Å². The van der Waals surface area contributed by atoms with E-state index in [0.717, 1.165) is 76.5 Å². The van der Waals surface area contributed by atoms with Crippen molar-refractivity contribution in [3.63, 3.8) is 0 Å². The van der Waals surface area contributed by atoms with E-state index in [-0.39, 0.29) is 131 Å². The summed E-state index contributed by atoms with van der Waals surface area (Å²) in [7, 11) is 25.3. The van der Waals surface area contributed by atoms with Gasteiger partial charge in [-0.05, 0) is 44.6 Å². The summed E-state index contributed by atoms with van der Waals surface area (Å²) in [5.74, 6) is 5.54. The molecule has 10 nitrogen and oxygen atoms in total. The number of hydrogen-bond acceptors (Lipinski definition) is 11.